The molecule has 0 N–H and O–H groups in total. The normalized spacial score (nSPS) is 21.2. The molecule has 3 heterocycles. The van der Waals surface area contributed by atoms with Crippen molar-refractivity contribution in [1.82, 2.24) is 9.80 Å². The van der Waals surface area contributed by atoms with Gasteiger partial charge in [0.15, 0.2) is 0 Å². The molecule has 3 saturated heterocycles. The first-order valence-electron chi connectivity index (χ1n) is 10.3. The molecule has 0 unspecified atom stereocenters. The van der Waals surface area contributed by atoms with E-state index in [-0.39, 0.29) is 23.6 Å². The fourth-order valence-corrected chi connectivity index (χ4v) is 5.09. The number of likely N-dealkylation sites (tertiary alicyclic amines) is 1. The molecule has 1 aromatic carbocycles. The SMILES string of the molecule is Cc1c(/C=C2/SC(=O)N(CC(=O)N3CCCC3)C2=O)ccc(N2CCCC2)c1C. The maximum Gasteiger partial charge on any atom is 0.294 e. The highest BCUT2D eigenvalue weighted by Gasteiger charge is 2.37. The molecule has 3 aliphatic rings. The van der Waals surface area contributed by atoms with Crippen LogP contribution in [0.1, 0.15) is 42.4 Å². The molecule has 3 aliphatic heterocycles. The molecule has 0 aliphatic carbocycles. The van der Waals surface area contributed by atoms with Crippen molar-refractivity contribution in [1.29, 1.82) is 0 Å². The summed E-state index contributed by atoms with van der Waals surface area (Å²) in [7, 11) is 0. The van der Waals surface area contributed by atoms with Crippen LogP contribution in [0.4, 0.5) is 10.5 Å². The van der Waals surface area contributed by atoms with Gasteiger partial charge in [-0.3, -0.25) is 19.3 Å². The number of anilines is 1. The molecule has 0 atom stereocenters. The summed E-state index contributed by atoms with van der Waals surface area (Å²) in [4.78, 5) is 43.1. The summed E-state index contributed by atoms with van der Waals surface area (Å²) in [5.41, 5.74) is 4.53. The van der Waals surface area contributed by atoms with E-state index in [0.717, 1.165) is 53.7 Å². The minimum atomic E-state index is -0.367. The predicted molar refractivity (Wildman–Crippen MR) is 116 cm³/mol. The fraction of sp³-hybridized carbons (Fsp3) is 0.500. The van der Waals surface area contributed by atoms with Gasteiger partial charge >= 0.3 is 0 Å². The van der Waals surface area contributed by atoms with E-state index in [4.69, 9.17) is 0 Å². The number of benzene rings is 1. The zero-order valence-corrected chi connectivity index (χ0v) is 17.9. The number of carbonyl (C=O) groups excluding carboxylic acids is 3. The second kappa shape index (κ2) is 8.22. The monoisotopic (exact) mass is 413 g/mol. The van der Waals surface area contributed by atoms with E-state index in [2.05, 4.69) is 24.8 Å². The summed E-state index contributed by atoms with van der Waals surface area (Å²) in [6, 6.07) is 4.14. The van der Waals surface area contributed by atoms with Crippen molar-refractivity contribution in [2.24, 2.45) is 0 Å². The van der Waals surface area contributed by atoms with Crippen LogP contribution in [0.2, 0.25) is 0 Å². The molecule has 0 aromatic heterocycles. The third-order valence-corrected chi connectivity index (χ3v) is 7.07. The maximum atomic E-state index is 12.8. The molecular formula is C22H27N3O3S. The largest absolute Gasteiger partial charge is 0.371 e. The first-order chi connectivity index (χ1) is 14.0. The molecule has 3 amide bonds. The topological polar surface area (TPSA) is 60.9 Å². The molecule has 6 nitrogen and oxygen atoms in total. The van der Waals surface area contributed by atoms with Gasteiger partial charge in [-0.05, 0) is 80.1 Å². The summed E-state index contributed by atoms with van der Waals surface area (Å²) in [5, 5.41) is -0.364. The lowest BCUT2D eigenvalue weighted by Crippen LogP contribution is -2.40. The number of amides is 3. The minimum Gasteiger partial charge on any atom is -0.371 e. The van der Waals surface area contributed by atoms with Gasteiger partial charge in [0.1, 0.15) is 6.54 Å². The van der Waals surface area contributed by atoms with Crippen LogP contribution >= 0.6 is 11.8 Å². The van der Waals surface area contributed by atoms with Crippen LogP contribution in [-0.4, -0.2) is 59.6 Å². The second-order valence-electron chi connectivity index (χ2n) is 7.97. The van der Waals surface area contributed by atoms with Crippen molar-refractivity contribution < 1.29 is 14.4 Å². The van der Waals surface area contributed by atoms with Gasteiger partial charge in [-0.2, -0.15) is 0 Å². The Hall–Kier alpha value is -2.28. The lowest BCUT2D eigenvalue weighted by molar-refractivity contribution is -0.135. The molecule has 7 heteroatoms. The van der Waals surface area contributed by atoms with Gasteiger partial charge in [0.05, 0.1) is 4.91 Å². The number of carbonyl (C=O) groups is 3. The van der Waals surface area contributed by atoms with Gasteiger partial charge in [-0.1, -0.05) is 6.07 Å². The highest BCUT2D eigenvalue weighted by atomic mass is 32.2. The van der Waals surface area contributed by atoms with Crippen LogP contribution in [0.3, 0.4) is 0 Å². The fourth-order valence-electron chi connectivity index (χ4n) is 4.26. The number of nitrogens with zero attached hydrogens (tertiary/aromatic N) is 3. The Morgan fingerprint density at radius 1 is 1.00 bits per heavy atom. The van der Waals surface area contributed by atoms with Gasteiger partial charge in [-0.15, -0.1) is 0 Å². The zero-order valence-electron chi connectivity index (χ0n) is 17.1. The van der Waals surface area contributed by atoms with Crippen molar-refractivity contribution in [2.45, 2.75) is 39.5 Å². The van der Waals surface area contributed by atoms with E-state index in [9.17, 15) is 14.4 Å². The summed E-state index contributed by atoms with van der Waals surface area (Å²) in [6.45, 7) is 7.61. The summed E-state index contributed by atoms with van der Waals surface area (Å²) in [5.74, 6) is -0.513. The summed E-state index contributed by atoms with van der Waals surface area (Å²) >= 11 is 0.923. The Kier molecular flexibility index (Phi) is 5.67. The van der Waals surface area contributed by atoms with E-state index in [0.29, 0.717) is 18.0 Å². The molecule has 0 spiro atoms. The molecule has 0 saturated carbocycles. The van der Waals surface area contributed by atoms with Crippen LogP contribution in [0.15, 0.2) is 17.0 Å². The van der Waals surface area contributed by atoms with Crippen molar-refractivity contribution in [2.75, 3.05) is 37.6 Å². The quantitative estimate of drug-likeness (QED) is 0.707. The number of hydrogen-bond donors (Lipinski definition) is 0. The third-order valence-electron chi connectivity index (χ3n) is 6.16. The van der Waals surface area contributed by atoms with Crippen molar-refractivity contribution in [3.63, 3.8) is 0 Å². The number of hydrogen-bond acceptors (Lipinski definition) is 5. The second-order valence-corrected chi connectivity index (χ2v) is 8.97. The third kappa shape index (κ3) is 3.92. The highest BCUT2D eigenvalue weighted by Crippen LogP contribution is 2.35. The lowest BCUT2D eigenvalue weighted by Gasteiger charge is -2.22. The average Bonchev–Trinajstić information content (AvgIpc) is 3.45. The zero-order chi connectivity index (χ0) is 20.5. The van der Waals surface area contributed by atoms with Gasteiger partial charge in [0.2, 0.25) is 5.91 Å². The van der Waals surface area contributed by atoms with Crippen LogP contribution in [-0.2, 0) is 9.59 Å². The Morgan fingerprint density at radius 3 is 2.34 bits per heavy atom. The Labute approximate surface area is 175 Å². The van der Waals surface area contributed by atoms with E-state index in [1.807, 2.05) is 6.07 Å². The first-order valence-corrected chi connectivity index (χ1v) is 11.2. The number of imide groups is 1. The Morgan fingerprint density at radius 2 is 1.66 bits per heavy atom. The summed E-state index contributed by atoms with van der Waals surface area (Å²) in [6.07, 6.45) is 6.22. The van der Waals surface area contributed by atoms with E-state index in [1.165, 1.54) is 24.1 Å². The van der Waals surface area contributed by atoms with E-state index in [1.54, 1.807) is 11.0 Å². The maximum absolute atomic E-state index is 12.8. The molecule has 29 heavy (non-hydrogen) atoms. The Bertz CT molecular complexity index is 884. The number of thioether (sulfide) groups is 1. The van der Waals surface area contributed by atoms with E-state index >= 15 is 0 Å². The van der Waals surface area contributed by atoms with Gasteiger partial charge in [0, 0.05) is 31.9 Å². The minimum absolute atomic E-state index is 0.145. The summed E-state index contributed by atoms with van der Waals surface area (Å²) < 4.78 is 0. The standard InChI is InChI=1S/C22H27N3O3S/c1-15-16(2)18(23-9-3-4-10-23)8-7-17(15)13-19-21(27)25(22(28)29-19)14-20(26)24-11-5-6-12-24/h7-8,13H,3-6,9-12,14H2,1-2H3/b19-13+. The first kappa shape index (κ1) is 20.0. The lowest BCUT2D eigenvalue weighted by atomic mass is 10.0. The van der Waals surface area contributed by atoms with Crippen LogP contribution < -0.4 is 4.90 Å². The highest BCUT2D eigenvalue weighted by molar-refractivity contribution is 8.18. The molecule has 4 rings (SSSR count). The van der Waals surface area contributed by atoms with E-state index < -0.39 is 0 Å². The Balaban J connectivity index is 1.52. The van der Waals surface area contributed by atoms with Crippen molar-refractivity contribution >= 4 is 40.6 Å². The molecule has 154 valence electrons. The average molecular weight is 414 g/mol. The van der Waals surface area contributed by atoms with Crippen molar-refractivity contribution in [3.05, 3.63) is 33.7 Å². The van der Waals surface area contributed by atoms with Gasteiger partial charge in [-0.25, -0.2) is 0 Å². The predicted octanol–water partition coefficient (Wildman–Crippen LogP) is 3.56. The van der Waals surface area contributed by atoms with Gasteiger partial charge < -0.3 is 9.80 Å². The van der Waals surface area contributed by atoms with Crippen molar-refractivity contribution in [3.8, 4) is 0 Å². The molecule has 0 radical (unpaired) electrons. The van der Waals surface area contributed by atoms with Crippen LogP contribution in [0.25, 0.3) is 6.08 Å². The smallest absolute Gasteiger partial charge is 0.294 e. The van der Waals surface area contributed by atoms with Crippen LogP contribution in [0.5, 0.6) is 0 Å². The van der Waals surface area contributed by atoms with Gasteiger partial charge in [0.25, 0.3) is 11.1 Å². The molecule has 3 fully saturated rings. The molecule has 1 aromatic rings. The molecular weight excluding hydrogens is 386 g/mol. The van der Waals surface area contributed by atoms with Crippen LogP contribution in [0, 0.1) is 13.8 Å². The number of rotatable bonds is 4. The molecule has 0 bridgehead atoms.